The molecule has 1 amide bonds. The maximum absolute atomic E-state index is 13.0. The van der Waals surface area contributed by atoms with Crippen LogP contribution < -0.4 is 5.32 Å². The molecule has 0 saturated heterocycles. The Morgan fingerprint density at radius 2 is 1.70 bits per heavy atom. The molecule has 2 rings (SSSR count). The zero-order chi connectivity index (χ0) is 17.3. The van der Waals surface area contributed by atoms with Gasteiger partial charge in [-0.2, -0.15) is 13.2 Å². The molecule has 0 radical (unpaired) electrons. The maximum Gasteiger partial charge on any atom is 0.393 e. The molecular formula is C15H18F3NO3S. The van der Waals surface area contributed by atoms with Crippen LogP contribution in [0.5, 0.6) is 0 Å². The predicted molar refractivity (Wildman–Crippen MR) is 78.8 cm³/mol. The van der Waals surface area contributed by atoms with Gasteiger partial charge in [0.05, 0.1) is 10.8 Å². The Morgan fingerprint density at radius 3 is 2.22 bits per heavy atom. The van der Waals surface area contributed by atoms with Crippen LogP contribution in [0.1, 0.15) is 36.0 Å². The van der Waals surface area contributed by atoms with Gasteiger partial charge in [0.15, 0.2) is 9.84 Å². The number of halogens is 3. The summed E-state index contributed by atoms with van der Waals surface area (Å²) in [6.07, 6.45) is -1.85. The maximum atomic E-state index is 13.0. The average molecular weight is 349 g/mol. The van der Waals surface area contributed by atoms with Crippen molar-refractivity contribution in [3.8, 4) is 0 Å². The van der Waals surface area contributed by atoms with E-state index >= 15 is 0 Å². The second kappa shape index (κ2) is 6.51. The molecule has 0 heterocycles. The standard InChI is InChI=1S/C15H18F3NO3S/c1-23(21,22)11-8-6-10(7-9-11)14(20)19-13-5-3-2-4-12(13)15(16,17)18/h6-9,12-13H,2-5H2,1H3,(H,19,20)/t12-,13+/m0/s1. The first-order valence-electron chi connectivity index (χ1n) is 7.27. The van der Waals surface area contributed by atoms with Gasteiger partial charge in [0.2, 0.25) is 0 Å². The Bertz CT molecular complexity index is 668. The predicted octanol–water partition coefficient (Wildman–Crippen LogP) is 2.94. The molecule has 128 valence electrons. The monoisotopic (exact) mass is 349 g/mol. The molecule has 0 aromatic heterocycles. The minimum absolute atomic E-state index is 0.0153. The number of amides is 1. The van der Waals surface area contributed by atoms with Crippen LogP contribution in [0.4, 0.5) is 13.2 Å². The number of carbonyl (C=O) groups is 1. The third kappa shape index (κ3) is 4.46. The van der Waals surface area contributed by atoms with Gasteiger partial charge in [0.25, 0.3) is 5.91 Å². The summed E-state index contributed by atoms with van der Waals surface area (Å²) in [5.74, 6) is -2.15. The van der Waals surface area contributed by atoms with E-state index in [-0.39, 0.29) is 23.3 Å². The summed E-state index contributed by atoms with van der Waals surface area (Å²) in [5, 5.41) is 2.44. The minimum Gasteiger partial charge on any atom is -0.349 e. The quantitative estimate of drug-likeness (QED) is 0.913. The smallest absolute Gasteiger partial charge is 0.349 e. The zero-order valence-corrected chi connectivity index (χ0v) is 13.4. The third-order valence-electron chi connectivity index (χ3n) is 4.05. The second-order valence-corrected chi connectivity index (χ2v) is 7.82. The summed E-state index contributed by atoms with van der Waals surface area (Å²) in [6, 6.07) is 4.21. The van der Waals surface area contributed by atoms with E-state index in [0.717, 1.165) is 6.26 Å². The van der Waals surface area contributed by atoms with Gasteiger partial charge in [-0.15, -0.1) is 0 Å². The van der Waals surface area contributed by atoms with Gasteiger partial charge in [-0.1, -0.05) is 12.8 Å². The van der Waals surface area contributed by atoms with Crippen LogP contribution in [0, 0.1) is 5.92 Å². The van der Waals surface area contributed by atoms with Gasteiger partial charge in [-0.05, 0) is 37.1 Å². The molecule has 1 saturated carbocycles. The first-order chi connectivity index (χ1) is 10.6. The van der Waals surface area contributed by atoms with Gasteiger partial charge in [-0.25, -0.2) is 8.42 Å². The summed E-state index contributed by atoms with van der Waals surface area (Å²) >= 11 is 0. The highest BCUT2D eigenvalue weighted by atomic mass is 32.2. The number of hydrogen-bond acceptors (Lipinski definition) is 3. The number of nitrogens with one attached hydrogen (secondary N) is 1. The molecule has 2 atom stereocenters. The first-order valence-corrected chi connectivity index (χ1v) is 9.16. The van der Waals surface area contributed by atoms with Gasteiger partial charge in [-0.3, -0.25) is 4.79 Å². The van der Waals surface area contributed by atoms with Crippen molar-refractivity contribution in [1.82, 2.24) is 5.32 Å². The van der Waals surface area contributed by atoms with Crippen LogP contribution >= 0.6 is 0 Å². The van der Waals surface area contributed by atoms with E-state index in [0.29, 0.717) is 12.8 Å². The third-order valence-corrected chi connectivity index (χ3v) is 5.18. The van der Waals surface area contributed by atoms with E-state index in [1.165, 1.54) is 24.3 Å². The van der Waals surface area contributed by atoms with E-state index in [9.17, 15) is 26.4 Å². The van der Waals surface area contributed by atoms with Crippen LogP contribution in [0.2, 0.25) is 0 Å². The molecule has 4 nitrogen and oxygen atoms in total. The average Bonchev–Trinajstić information content (AvgIpc) is 2.46. The SMILES string of the molecule is CS(=O)(=O)c1ccc(C(=O)N[C@@H]2CCCC[C@@H]2C(F)(F)F)cc1. The Hall–Kier alpha value is -1.57. The van der Waals surface area contributed by atoms with E-state index < -0.39 is 33.9 Å². The second-order valence-electron chi connectivity index (χ2n) is 5.81. The number of alkyl halides is 3. The summed E-state index contributed by atoms with van der Waals surface area (Å²) in [4.78, 5) is 12.2. The molecule has 1 aliphatic carbocycles. The molecule has 0 unspecified atom stereocenters. The van der Waals surface area contributed by atoms with Crippen LogP contribution in [0.25, 0.3) is 0 Å². The van der Waals surface area contributed by atoms with Crippen LogP contribution in [0.3, 0.4) is 0 Å². The molecule has 1 N–H and O–H groups in total. The fraction of sp³-hybridized carbons (Fsp3) is 0.533. The largest absolute Gasteiger partial charge is 0.393 e. The number of rotatable bonds is 3. The lowest BCUT2D eigenvalue weighted by atomic mass is 9.84. The van der Waals surface area contributed by atoms with Crippen molar-refractivity contribution < 1.29 is 26.4 Å². The molecule has 23 heavy (non-hydrogen) atoms. The molecule has 0 aliphatic heterocycles. The van der Waals surface area contributed by atoms with Crippen molar-refractivity contribution in [2.24, 2.45) is 5.92 Å². The van der Waals surface area contributed by atoms with Gasteiger partial charge >= 0.3 is 6.18 Å². The Balaban J connectivity index is 2.11. The number of sulfone groups is 1. The van der Waals surface area contributed by atoms with Crippen molar-refractivity contribution in [3.05, 3.63) is 29.8 Å². The van der Waals surface area contributed by atoms with Crippen LogP contribution in [0.15, 0.2) is 29.2 Å². The highest BCUT2D eigenvalue weighted by molar-refractivity contribution is 7.90. The summed E-state index contributed by atoms with van der Waals surface area (Å²) in [6.45, 7) is 0. The van der Waals surface area contributed by atoms with Crippen molar-refractivity contribution in [2.75, 3.05) is 6.26 Å². The molecule has 0 spiro atoms. The van der Waals surface area contributed by atoms with Gasteiger partial charge < -0.3 is 5.32 Å². The lowest BCUT2D eigenvalue weighted by Crippen LogP contribution is -2.47. The van der Waals surface area contributed by atoms with E-state index in [1.807, 2.05) is 0 Å². The molecule has 1 aliphatic rings. The molecule has 8 heteroatoms. The molecule has 1 fully saturated rings. The molecule has 1 aromatic rings. The highest BCUT2D eigenvalue weighted by Crippen LogP contribution is 2.37. The fourth-order valence-corrected chi connectivity index (χ4v) is 3.43. The normalized spacial score (nSPS) is 22.6. The zero-order valence-electron chi connectivity index (χ0n) is 12.6. The van der Waals surface area contributed by atoms with Crippen LogP contribution in [-0.4, -0.2) is 32.8 Å². The summed E-state index contributed by atoms with van der Waals surface area (Å²) < 4.78 is 61.7. The fourth-order valence-electron chi connectivity index (χ4n) is 2.80. The first kappa shape index (κ1) is 17.8. The number of hydrogen-bond donors (Lipinski definition) is 1. The Morgan fingerprint density at radius 1 is 1.13 bits per heavy atom. The van der Waals surface area contributed by atoms with E-state index in [2.05, 4.69) is 5.32 Å². The Kier molecular flexibility index (Phi) is 5.03. The van der Waals surface area contributed by atoms with E-state index in [4.69, 9.17) is 0 Å². The van der Waals surface area contributed by atoms with Gasteiger partial charge in [0, 0.05) is 17.9 Å². The topological polar surface area (TPSA) is 63.2 Å². The summed E-state index contributed by atoms with van der Waals surface area (Å²) in [5.41, 5.74) is 0.142. The Labute approximate surface area is 133 Å². The number of carbonyl (C=O) groups excluding carboxylic acids is 1. The summed E-state index contributed by atoms with van der Waals surface area (Å²) in [7, 11) is -3.38. The van der Waals surface area contributed by atoms with Crippen LogP contribution in [-0.2, 0) is 9.84 Å². The lowest BCUT2D eigenvalue weighted by Gasteiger charge is -2.33. The minimum atomic E-state index is -4.33. The molecule has 0 bridgehead atoms. The van der Waals surface area contributed by atoms with Crippen molar-refractivity contribution in [3.63, 3.8) is 0 Å². The van der Waals surface area contributed by atoms with Crippen molar-refractivity contribution in [1.29, 1.82) is 0 Å². The molecule has 1 aromatic carbocycles. The lowest BCUT2D eigenvalue weighted by molar-refractivity contribution is -0.187. The molecular weight excluding hydrogens is 331 g/mol. The number of benzene rings is 1. The van der Waals surface area contributed by atoms with Gasteiger partial charge in [0.1, 0.15) is 0 Å². The highest BCUT2D eigenvalue weighted by Gasteiger charge is 2.45. The van der Waals surface area contributed by atoms with Crippen molar-refractivity contribution >= 4 is 15.7 Å². The van der Waals surface area contributed by atoms with E-state index in [1.54, 1.807) is 0 Å². The van der Waals surface area contributed by atoms with Crippen molar-refractivity contribution in [2.45, 2.75) is 42.8 Å².